The molecule has 0 amide bonds. The summed E-state index contributed by atoms with van der Waals surface area (Å²) < 4.78 is 26.2. The molecule has 0 unspecified atom stereocenters. The highest BCUT2D eigenvalue weighted by Crippen LogP contribution is 2.35. The van der Waals surface area contributed by atoms with E-state index in [1.807, 2.05) is 18.2 Å². The van der Waals surface area contributed by atoms with Gasteiger partial charge in [-0.3, -0.25) is 0 Å². The molecule has 1 aliphatic heterocycles. The Labute approximate surface area is 140 Å². The Bertz CT molecular complexity index is 844. The molecule has 0 spiro atoms. The Morgan fingerprint density at radius 1 is 1.13 bits per heavy atom. The first-order valence-corrected chi connectivity index (χ1v) is 9.83. The number of piperidine rings is 1. The third-order valence-electron chi connectivity index (χ3n) is 4.71. The van der Waals surface area contributed by atoms with Crippen LogP contribution in [0.15, 0.2) is 24.4 Å². The summed E-state index contributed by atoms with van der Waals surface area (Å²) in [5.41, 5.74) is 1.69. The van der Waals surface area contributed by atoms with Gasteiger partial charge in [-0.1, -0.05) is 11.6 Å². The molecule has 7 heteroatoms. The van der Waals surface area contributed by atoms with Gasteiger partial charge in [0, 0.05) is 36.3 Å². The van der Waals surface area contributed by atoms with Crippen LogP contribution in [0.2, 0.25) is 5.02 Å². The summed E-state index contributed by atoms with van der Waals surface area (Å²) >= 11 is 5.94. The van der Waals surface area contributed by atoms with E-state index in [-0.39, 0.29) is 5.25 Å². The minimum absolute atomic E-state index is 0.119. The molecule has 2 aromatic rings. The molecule has 0 bridgehead atoms. The van der Waals surface area contributed by atoms with Crippen molar-refractivity contribution in [1.29, 1.82) is 0 Å². The number of rotatable bonds is 3. The lowest BCUT2D eigenvalue weighted by Gasteiger charge is -2.31. The van der Waals surface area contributed by atoms with Crippen molar-refractivity contribution in [3.8, 4) is 0 Å². The molecule has 5 nitrogen and oxygen atoms in total. The predicted octanol–water partition coefficient (Wildman–Crippen LogP) is 2.95. The van der Waals surface area contributed by atoms with Crippen molar-refractivity contribution in [2.75, 3.05) is 13.1 Å². The summed E-state index contributed by atoms with van der Waals surface area (Å²) in [4.78, 5) is 8.91. The largest absolute Gasteiger partial charge is 0.235 e. The highest BCUT2D eigenvalue weighted by Gasteiger charge is 2.41. The van der Waals surface area contributed by atoms with Gasteiger partial charge in [-0.2, -0.15) is 0 Å². The monoisotopic (exact) mass is 351 g/mol. The van der Waals surface area contributed by atoms with Crippen molar-refractivity contribution < 1.29 is 8.42 Å². The van der Waals surface area contributed by atoms with E-state index >= 15 is 0 Å². The second-order valence-electron chi connectivity index (χ2n) is 6.35. The Balaban J connectivity index is 1.51. The molecular weight excluding hydrogens is 334 g/mol. The Morgan fingerprint density at radius 2 is 1.87 bits per heavy atom. The van der Waals surface area contributed by atoms with E-state index in [1.165, 1.54) is 0 Å². The fourth-order valence-corrected chi connectivity index (χ4v) is 5.25. The number of nitrogens with zero attached hydrogens (tertiary/aromatic N) is 3. The smallest absolute Gasteiger partial charge is 0.216 e. The summed E-state index contributed by atoms with van der Waals surface area (Å²) in [5.74, 6) is 0.294. The molecule has 23 heavy (non-hydrogen) atoms. The van der Waals surface area contributed by atoms with Crippen LogP contribution >= 0.6 is 11.6 Å². The van der Waals surface area contributed by atoms with Crippen molar-refractivity contribution in [2.24, 2.45) is 0 Å². The van der Waals surface area contributed by atoms with E-state index in [0.717, 1.165) is 36.8 Å². The molecule has 2 aliphatic rings. The lowest BCUT2D eigenvalue weighted by Crippen LogP contribution is -2.39. The summed E-state index contributed by atoms with van der Waals surface area (Å²) in [7, 11) is -3.05. The number of hydrogen-bond acceptors (Lipinski definition) is 4. The quantitative estimate of drug-likeness (QED) is 0.852. The van der Waals surface area contributed by atoms with Gasteiger partial charge in [0.15, 0.2) is 5.65 Å². The van der Waals surface area contributed by atoms with Crippen LogP contribution in [0.5, 0.6) is 0 Å². The van der Waals surface area contributed by atoms with Gasteiger partial charge in [-0.25, -0.2) is 22.7 Å². The number of hydrogen-bond donors (Lipinski definition) is 0. The first-order chi connectivity index (χ1) is 11.0. The van der Waals surface area contributed by atoms with Crippen molar-refractivity contribution in [3.05, 3.63) is 35.1 Å². The van der Waals surface area contributed by atoms with Crippen LogP contribution in [-0.4, -0.2) is 41.0 Å². The molecule has 122 valence electrons. The third-order valence-corrected chi connectivity index (χ3v) is 7.31. The maximum absolute atomic E-state index is 12.3. The lowest BCUT2D eigenvalue weighted by molar-refractivity contribution is 0.316. The van der Waals surface area contributed by atoms with Gasteiger partial charge in [0.25, 0.3) is 0 Å². The van der Waals surface area contributed by atoms with E-state index in [1.54, 1.807) is 10.5 Å². The predicted molar refractivity (Wildman–Crippen MR) is 90.0 cm³/mol. The van der Waals surface area contributed by atoms with Crippen molar-refractivity contribution in [3.63, 3.8) is 0 Å². The zero-order chi connectivity index (χ0) is 16.0. The van der Waals surface area contributed by atoms with E-state index in [4.69, 9.17) is 11.6 Å². The van der Waals surface area contributed by atoms with Crippen molar-refractivity contribution >= 4 is 32.7 Å². The number of fused-ring (bicyclic) bond motifs is 1. The highest BCUT2D eigenvalue weighted by atomic mass is 35.5. The van der Waals surface area contributed by atoms with Crippen molar-refractivity contribution in [1.82, 2.24) is 14.3 Å². The third kappa shape index (κ3) is 2.95. The van der Waals surface area contributed by atoms with Crippen LogP contribution in [0.3, 0.4) is 0 Å². The Hall–Kier alpha value is -1.24. The number of aromatic nitrogens is 2. The molecule has 3 heterocycles. The first kappa shape index (κ1) is 15.3. The minimum Gasteiger partial charge on any atom is -0.235 e. The standard InChI is InChI=1S/C16H18ClN3O2S/c17-13-9-12-1-4-15(19-16(12)18-10-13)11-5-7-20(8-6-11)23(21,22)14-2-3-14/h1,4,9-11,14H,2-3,5-8H2. The highest BCUT2D eigenvalue weighted by molar-refractivity contribution is 7.90. The Kier molecular flexibility index (Phi) is 3.78. The molecule has 0 aromatic carbocycles. The molecule has 1 saturated carbocycles. The summed E-state index contributed by atoms with van der Waals surface area (Å²) in [6.45, 7) is 1.19. The van der Waals surface area contributed by atoms with Crippen LogP contribution in [0.4, 0.5) is 0 Å². The van der Waals surface area contributed by atoms with E-state index in [9.17, 15) is 8.42 Å². The van der Waals surface area contributed by atoms with Gasteiger partial charge in [0.05, 0.1) is 10.3 Å². The molecule has 2 aromatic heterocycles. The van der Waals surface area contributed by atoms with Gasteiger partial charge < -0.3 is 0 Å². The van der Waals surface area contributed by atoms with E-state index in [0.29, 0.717) is 29.7 Å². The van der Waals surface area contributed by atoms with Crippen LogP contribution in [0.25, 0.3) is 11.0 Å². The molecule has 4 rings (SSSR count). The summed E-state index contributed by atoms with van der Waals surface area (Å²) in [5, 5.41) is 1.41. The summed E-state index contributed by atoms with van der Waals surface area (Å²) in [6.07, 6.45) is 4.88. The van der Waals surface area contributed by atoms with Gasteiger partial charge in [0.1, 0.15) is 0 Å². The first-order valence-electron chi connectivity index (χ1n) is 7.95. The van der Waals surface area contributed by atoms with Gasteiger partial charge in [0.2, 0.25) is 10.0 Å². The average Bonchev–Trinajstić information content (AvgIpc) is 3.40. The maximum Gasteiger partial charge on any atom is 0.216 e. The minimum atomic E-state index is -3.05. The molecule has 1 aliphatic carbocycles. The van der Waals surface area contributed by atoms with E-state index in [2.05, 4.69) is 9.97 Å². The molecular formula is C16H18ClN3O2S. The normalized spacial score (nSPS) is 20.9. The van der Waals surface area contributed by atoms with Crippen molar-refractivity contribution in [2.45, 2.75) is 36.9 Å². The van der Waals surface area contributed by atoms with Crippen LogP contribution in [0.1, 0.15) is 37.3 Å². The zero-order valence-corrected chi connectivity index (χ0v) is 14.2. The topological polar surface area (TPSA) is 63.2 Å². The fraction of sp³-hybridized carbons (Fsp3) is 0.500. The van der Waals surface area contributed by atoms with Gasteiger partial charge in [-0.05, 0) is 43.9 Å². The Morgan fingerprint density at radius 3 is 2.57 bits per heavy atom. The van der Waals surface area contributed by atoms with Crippen LogP contribution in [0, 0.1) is 0 Å². The maximum atomic E-state index is 12.3. The zero-order valence-electron chi connectivity index (χ0n) is 12.7. The van der Waals surface area contributed by atoms with Gasteiger partial charge in [-0.15, -0.1) is 0 Å². The molecule has 0 radical (unpaired) electrons. The lowest BCUT2D eigenvalue weighted by atomic mass is 9.94. The number of halogens is 1. The van der Waals surface area contributed by atoms with Crippen LogP contribution < -0.4 is 0 Å². The summed E-state index contributed by atoms with van der Waals surface area (Å²) in [6, 6.07) is 5.85. The van der Waals surface area contributed by atoms with Crippen LogP contribution in [-0.2, 0) is 10.0 Å². The SMILES string of the molecule is O=S(=O)(C1CC1)N1CCC(c2ccc3cc(Cl)cnc3n2)CC1. The fourth-order valence-electron chi connectivity index (χ4n) is 3.21. The number of sulfonamides is 1. The second-order valence-corrected chi connectivity index (χ2v) is 9.00. The molecule has 0 atom stereocenters. The molecule has 1 saturated heterocycles. The number of pyridine rings is 2. The van der Waals surface area contributed by atoms with Gasteiger partial charge >= 0.3 is 0 Å². The average molecular weight is 352 g/mol. The molecule has 2 fully saturated rings. The second kappa shape index (κ2) is 5.69. The van der Waals surface area contributed by atoms with E-state index < -0.39 is 10.0 Å². The molecule has 0 N–H and O–H groups in total.